The van der Waals surface area contributed by atoms with Crippen LogP contribution in [0.2, 0.25) is 0 Å². The first-order valence-corrected chi connectivity index (χ1v) is 10.1. The van der Waals surface area contributed by atoms with Crippen LogP contribution in [0, 0.1) is 5.41 Å². The molecule has 25 heavy (non-hydrogen) atoms. The SMILES string of the molecule is CCCC1([C@@]2(c3ccccc3B(O)O)CCC[C@H](F)C2)CCCCC1. The lowest BCUT2D eigenvalue weighted by Gasteiger charge is -2.56. The van der Waals surface area contributed by atoms with Gasteiger partial charge >= 0.3 is 7.12 Å². The van der Waals surface area contributed by atoms with Crippen molar-refractivity contribution in [3.63, 3.8) is 0 Å². The van der Waals surface area contributed by atoms with Crippen LogP contribution in [0.5, 0.6) is 0 Å². The normalized spacial score (nSPS) is 29.4. The largest absolute Gasteiger partial charge is 0.488 e. The molecule has 1 aromatic rings. The van der Waals surface area contributed by atoms with E-state index in [0.717, 1.165) is 44.1 Å². The first-order chi connectivity index (χ1) is 12.0. The minimum atomic E-state index is -1.49. The van der Waals surface area contributed by atoms with Gasteiger partial charge in [0.15, 0.2) is 0 Å². The third-order valence-electron chi connectivity index (χ3n) is 7.00. The lowest BCUT2D eigenvalue weighted by Crippen LogP contribution is -2.54. The molecular weight excluding hydrogens is 314 g/mol. The van der Waals surface area contributed by atoms with Crippen LogP contribution in [0.3, 0.4) is 0 Å². The number of benzene rings is 1. The highest BCUT2D eigenvalue weighted by Crippen LogP contribution is 2.60. The van der Waals surface area contributed by atoms with Crippen LogP contribution < -0.4 is 5.46 Å². The zero-order valence-corrected chi connectivity index (χ0v) is 15.5. The van der Waals surface area contributed by atoms with Crippen molar-refractivity contribution in [1.82, 2.24) is 0 Å². The quantitative estimate of drug-likeness (QED) is 0.782. The minimum absolute atomic E-state index is 0.0930. The smallest absolute Gasteiger partial charge is 0.423 e. The van der Waals surface area contributed by atoms with E-state index in [0.29, 0.717) is 18.3 Å². The van der Waals surface area contributed by atoms with Gasteiger partial charge in [-0.3, -0.25) is 0 Å². The Morgan fingerprint density at radius 1 is 1.08 bits per heavy atom. The Balaban J connectivity index is 2.17. The average Bonchev–Trinajstić information content (AvgIpc) is 2.62. The molecule has 2 fully saturated rings. The molecule has 4 heteroatoms. The Labute approximate surface area is 152 Å². The Morgan fingerprint density at radius 3 is 2.44 bits per heavy atom. The number of rotatable bonds is 5. The molecule has 2 saturated carbocycles. The molecular formula is C21H32BFO2. The number of halogens is 1. The number of hydrogen-bond acceptors (Lipinski definition) is 2. The van der Waals surface area contributed by atoms with Crippen LogP contribution >= 0.6 is 0 Å². The van der Waals surface area contributed by atoms with E-state index in [1.807, 2.05) is 24.3 Å². The summed E-state index contributed by atoms with van der Waals surface area (Å²) in [6.45, 7) is 2.23. The summed E-state index contributed by atoms with van der Waals surface area (Å²) in [6.07, 6.45) is 10.4. The highest BCUT2D eigenvalue weighted by molar-refractivity contribution is 6.59. The van der Waals surface area contributed by atoms with Crippen LogP contribution in [-0.4, -0.2) is 23.3 Å². The maximum Gasteiger partial charge on any atom is 0.488 e. The summed E-state index contributed by atoms with van der Waals surface area (Å²) >= 11 is 0. The Bertz CT molecular complexity index is 565. The average molecular weight is 346 g/mol. The van der Waals surface area contributed by atoms with Crippen molar-refractivity contribution in [2.45, 2.75) is 89.1 Å². The fraction of sp³-hybridized carbons (Fsp3) is 0.714. The van der Waals surface area contributed by atoms with Crippen LogP contribution in [0.25, 0.3) is 0 Å². The van der Waals surface area contributed by atoms with E-state index in [1.165, 1.54) is 19.3 Å². The van der Waals surface area contributed by atoms with Crippen molar-refractivity contribution in [3.8, 4) is 0 Å². The Morgan fingerprint density at radius 2 is 1.80 bits per heavy atom. The molecule has 2 aliphatic carbocycles. The van der Waals surface area contributed by atoms with Crippen LogP contribution in [0.4, 0.5) is 4.39 Å². The summed E-state index contributed by atoms with van der Waals surface area (Å²) in [7, 11) is -1.49. The topological polar surface area (TPSA) is 40.5 Å². The third-order valence-corrected chi connectivity index (χ3v) is 7.00. The summed E-state index contributed by atoms with van der Waals surface area (Å²) in [5.41, 5.74) is 1.41. The van der Waals surface area contributed by atoms with Gasteiger partial charge < -0.3 is 10.0 Å². The van der Waals surface area contributed by atoms with Crippen molar-refractivity contribution >= 4 is 12.6 Å². The zero-order valence-electron chi connectivity index (χ0n) is 15.5. The van der Waals surface area contributed by atoms with Crippen LogP contribution in [-0.2, 0) is 5.41 Å². The predicted octanol–water partition coefficient (Wildman–Crippen LogP) is 4.27. The molecule has 0 saturated heterocycles. The summed E-state index contributed by atoms with van der Waals surface area (Å²) in [5.74, 6) is 0. The van der Waals surface area contributed by atoms with E-state index >= 15 is 0 Å². The Kier molecular flexibility index (Phi) is 5.90. The van der Waals surface area contributed by atoms with Crippen molar-refractivity contribution < 1.29 is 14.4 Å². The highest BCUT2D eigenvalue weighted by atomic mass is 19.1. The van der Waals surface area contributed by atoms with E-state index in [9.17, 15) is 14.4 Å². The molecule has 0 radical (unpaired) electrons. The minimum Gasteiger partial charge on any atom is -0.423 e. The second kappa shape index (κ2) is 7.79. The maximum atomic E-state index is 14.7. The van der Waals surface area contributed by atoms with E-state index in [4.69, 9.17) is 0 Å². The fourth-order valence-electron chi connectivity index (χ4n) is 6.05. The maximum absolute atomic E-state index is 14.7. The standard InChI is InChI=1S/C21H32BFO2/c1-2-12-20(13-6-3-7-14-20)21(15-8-9-17(23)16-21)18-10-4-5-11-19(18)22(24)25/h4-5,10-11,17,24-25H,2-3,6-9,12-16H2,1H3/t17-,21-/m0/s1. The lowest BCUT2D eigenvalue weighted by molar-refractivity contribution is -0.00136. The number of alkyl halides is 1. The molecule has 1 aromatic carbocycles. The van der Waals surface area contributed by atoms with Crippen molar-refractivity contribution in [2.75, 3.05) is 0 Å². The monoisotopic (exact) mass is 346 g/mol. The summed E-state index contributed by atoms with van der Waals surface area (Å²) in [5, 5.41) is 20.0. The van der Waals surface area contributed by atoms with Crippen molar-refractivity contribution in [1.29, 1.82) is 0 Å². The van der Waals surface area contributed by atoms with E-state index in [-0.39, 0.29) is 10.8 Å². The van der Waals surface area contributed by atoms with Gasteiger partial charge in [-0.2, -0.15) is 0 Å². The van der Waals surface area contributed by atoms with E-state index in [2.05, 4.69) is 6.92 Å². The van der Waals surface area contributed by atoms with Gasteiger partial charge in [-0.15, -0.1) is 0 Å². The zero-order chi connectivity index (χ0) is 17.9. The van der Waals surface area contributed by atoms with Gasteiger partial charge in [-0.25, -0.2) is 4.39 Å². The highest BCUT2D eigenvalue weighted by Gasteiger charge is 2.54. The first-order valence-electron chi connectivity index (χ1n) is 10.1. The molecule has 3 rings (SSSR count). The van der Waals surface area contributed by atoms with Gasteiger partial charge in [0.25, 0.3) is 0 Å². The molecule has 2 atom stereocenters. The molecule has 138 valence electrons. The number of hydrogen-bond donors (Lipinski definition) is 2. The summed E-state index contributed by atoms with van der Waals surface area (Å²) < 4.78 is 14.7. The molecule has 0 amide bonds. The van der Waals surface area contributed by atoms with Crippen LogP contribution in [0.15, 0.2) is 24.3 Å². The van der Waals surface area contributed by atoms with Gasteiger partial charge in [0.05, 0.1) is 0 Å². The molecule has 0 spiro atoms. The van der Waals surface area contributed by atoms with Crippen molar-refractivity contribution in [2.24, 2.45) is 5.41 Å². The van der Waals surface area contributed by atoms with E-state index in [1.54, 1.807) is 0 Å². The molecule has 0 bridgehead atoms. The lowest BCUT2D eigenvalue weighted by atomic mass is 9.47. The van der Waals surface area contributed by atoms with Crippen molar-refractivity contribution in [3.05, 3.63) is 29.8 Å². The second-order valence-corrected chi connectivity index (χ2v) is 8.33. The molecule has 2 aliphatic rings. The predicted molar refractivity (Wildman–Crippen MR) is 102 cm³/mol. The molecule has 2 nitrogen and oxygen atoms in total. The fourth-order valence-corrected chi connectivity index (χ4v) is 6.05. The van der Waals surface area contributed by atoms with Gasteiger partial charge in [0.2, 0.25) is 0 Å². The summed E-state index contributed by atoms with van der Waals surface area (Å²) in [4.78, 5) is 0. The first kappa shape index (κ1) is 18.9. The van der Waals surface area contributed by atoms with Gasteiger partial charge in [0, 0.05) is 5.41 Å². The second-order valence-electron chi connectivity index (χ2n) is 8.33. The Hall–Kier alpha value is -0.865. The molecule has 0 heterocycles. The molecule has 0 aromatic heterocycles. The molecule has 2 N–H and O–H groups in total. The molecule has 0 aliphatic heterocycles. The van der Waals surface area contributed by atoms with Gasteiger partial charge in [-0.05, 0) is 61.4 Å². The summed E-state index contributed by atoms with van der Waals surface area (Å²) in [6, 6.07) is 7.69. The van der Waals surface area contributed by atoms with Gasteiger partial charge in [0.1, 0.15) is 6.17 Å². The van der Waals surface area contributed by atoms with Gasteiger partial charge in [-0.1, -0.05) is 56.9 Å². The third kappa shape index (κ3) is 3.40. The van der Waals surface area contributed by atoms with Crippen LogP contribution in [0.1, 0.15) is 83.1 Å². The molecule has 0 unspecified atom stereocenters. The van der Waals surface area contributed by atoms with E-state index < -0.39 is 13.3 Å².